The van der Waals surface area contributed by atoms with Crippen LogP contribution < -0.4 is 10.9 Å². The highest BCUT2D eigenvalue weighted by molar-refractivity contribution is 5.85. The Labute approximate surface area is 163 Å². The van der Waals surface area contributed by atoms with E-state index in [1.165, 1.54) is 10.2 Å². The van der Waals surface area contributed by atoms with Crippen LogP contribution in [-0.4, -0.2) is 38.2 Å². The van der Waals surface area contributed by atoms with Gasteiger partial charge in [-0.2, -0.15) is 5.10 Å². The summed E-state index contributed by atoms with van der Waals surface area (Å²) in [6, 6.07) is 8.76. The summed E-state index contributed by atoms with van der Waals surface area (Å²) >= 11 is 0. The Balaban J connectivity index is 1.56. The molecular weight excluding hydrogens is 354 g/mol. The maximum absolute atomic E-state index is 12.1. The second-order valence-electron chi connectivity index (χ2n) is 7.47. The van der Waals surface area contributed by atoms with Crippen molar-refractivity contribution in [3.63, 3.8) is 0 Å². The molecule has 1 N–H and O–H groups in total. The third kappa shape index (κ3) is 3.28. The van der Waals surface area contributed by atoms with Gasteiger partial charge in [0, 0.05) is 61.5 Å². The number of nitrogens with one attached hydrogen (secondary N) is 1. The monoisotopic (exact) mass is 379 g/mol. The normalized spacial score (nSPS) is 15.2. The van der Waals surface area contributed by atoms with E-state index in [0.717, 1.165) is 42.7 Å². The molecule has 2 aromatic heterocycles. The first-order chi connectivity index (χ1) is 13.4. The van der Waals surface area contributed by atoms with Crippen LogP contribution in [0.15, 0.2) is 41.5 Å². The molecule has 3 heterocycles. The lowest BCUT2D eigenvalue weighted by atomic mass is 10.0. The number of benzene rings is 1. The Morgan fingerprint density at radius 2 is 1.96 bits per heavy atom. The standard InChI is InChI=1S/C21H25N5O2/c1-14-19(13-22-24(3)21(14)28)23-17-4-5-20-16(12-17)6-11-26(20)18-7-9-25(10-8-18)15(2)27/h4-6,11-13,18,23H,7-10H2,1-3H3. The zero-order chi connectivity index (χ0) is 19.8. The maximum atomic E-state index is 12.1. The third-order valence-corrected chi connectivity index (χ3v) is 5.68. The zero-order valence-electron chi connectivity index (χ0n) is 16.5. The average molecular weight is 379 g/mol. The molecule has 7 nitrogen and oxygen atoms in total. The summed E-state index contributed by atoms with van der Waals surface area (Å²) in [4.78, 5) is 25.5. The van der Waals surface area contributed by atoms with Crippen LogP contribution in [0.5, 0.6) is 0 Å². The van der Waals surface area contributed by atoms with Gasteiger partial charge in [0.1, 0.15) is 0 Å². The molecule has 4 rings (SSSR count). The lowest BCUT2D eigenvalue weighted by Gasteiger charge is -2.32. The van der Waals surface area contributed by atoms with Crippen molar-refractivity contribution in [1.29, 1.82) is 0 Å². The van der Waals surface area contributed by atoms with Gasteiger partial charge in [0.05, 0.1) is 11.9 Å². The highest BCUT2D eigenvalue weighted by Crippen LogP contribution is 2.30. The van der Waals surface area contributed by atoms with E-state index < -0.39 is 0 Å². The van der Waals surface area contributed by atoms with Crippen molar-refractivity contribution in [2.24, 2.45) is 7.05 Å². The molecule has 0 saturated carbocycles. The first-order valence-corrected chi connectivity index (χ1v) is 9.60. The largest absolute Gasteiger partial charge is 0.354 e. The van der Waals surface area contributed by atoms with Crippen LogP contribution in [0, 0.1) is 6.92 Å². The molecule has 1 aliphatic heterocycles. The maximum Gasteiger partial charge on any atom is 0.271 e. The molecule has 0 bridgehead atoms. The Morgan fingerprint density at radius 3 is 2.68 bits per heavy atom. The number of nitrogens with zero attached hydrogens (tertiary/aromatic N) is 4. The number of anilines is 2. The van der Waals surface area contributed by atoms with Crippen LogP contribution in [0.2, 0.25) is 0 Å². The Hall–Kier alpha value is -3.09. The predicted octanol–water partition coefficient (Wildman–Crippen LogP) is 2.97. The Kier molecular flexibility index (Phi) is 4.66. The second-order valence-corrected chi connectivity index (χ2v) is 7.47. The minimum absolute atomic E-state index is 0.103. The molecule has 0 atom stereocenters. The van der Waals surface area contributed by atoms with Crippen molar-refractivity contribution in [2.45, 2.75) is 32.7 Å². The fraction of sp³-hybridized carbons (Fsp3) is 0.381. The van der Waals surface area contributed by atoms with Crippen LogP contribution in [0.25, 0.3) is 10.9 Å². The summed E-state index contributed by atoms with van der Waals surface area (Å²) in [6.07, 6.45) is 5.76. The van der Waals surface area contributed by atoms with Crippen molar-refractivity contribution in [2.75, 3.05) is 18.4 Å². The van der Waals surface area contributed by atoms with E-state index in [0.29, 0.717) is 11.6 Å². The van der Waals surface area contributed by atoms with Crippen LogP contribution in [0.4, 0.5) is 11.4 Å². The summed E-state index contributed by atoms with van der Waals surface area (Å²) in [5.41, 5.74) is 3.38. The van der Waals surface area contributed by atoms with Gasteiger partial charge >= 0.3 is 0 Å². The predicted molar refractivity (Wildman–Crippen MR) is 110 cm³/mol. The van der Waals surface area contributed by atoms with E-state index in [2.05, 4.69) is 39.4 Å². The Bertz CT molecular complexity index is 1090. The zero-order valence-corrected chi connectivity index (χ0v) is 16.5. The van der Waals surface area contributed by atoms with Crippen LogP contribution in [0.1, 0.15) is 31.4 Å². The van der Waals surface area contributed by atoms with Crippen LogP contribution in [0.3, 0.4) is 0 Å². The minimum Gasteiger partial charge on any atom is -0.354 e. The van der Waals surface area contributed by atoms with Gasteiger partial charge in [0.15, 0.2) is 0 Å². The molecular formula is C21H25N5O2. The van der Waals surface area contributed by atoms with Gasteiger partial charge < -0.3 is 14.8 Å². The smallest absolute Gasteiger partial charge is 0.271 e. The van der Waals surface area contributed by atoms with Gasteiger partial charge in [-0.1, -0.05) is 0 Å². The van der Waals surface area contributed by atoms with Crippen molar-refractivity contribution in [3.05, 3.63) is 52.6 Å². The highest BCUT2D eigenvalue weighted by Gasteiger charge is 2.22. The van der Waals surface area contributed by atoms with E-state index in [-0.39, 0.29) is 11.5 Å². The van der Waals surface area contributed by atoms with E-state index >= 15 is 0 Å². The topological polar surface area (TPSA) is 72.2 Å². The number of carbonyl (C=O) groups excluding carboxylic acids is 1. The van der Waals surface area contributed by atoms with Gasteiger partial charge in [0.2, 0.25) is 5.91 Å². The first kappa shape index (κ1) is 18.3. The summed E-state index contributed by atoms with van der Waals surface area (Å²) in [6.45, 7) is 5.07. The summed E-state index contributed by atoms with van der Waals surface area (Å²) < 4.78 is 3.66. The number of hydrogen-bond acceptors (Lipinski definition) is 4. The Morgan fingerprint density at radius 1 is 1.21 bits per heavy atom. The van der Waals surface area contributed by atoms with E-state index in [4.69, 9.17) is 0 Å². The van der Waals surface area contributed by atoms with Gasteiger partial charge in [-0.25, -0.2) is 4.68 Å². The fourth-order valence-electron chi connectivity index (χ4n) is 3.95. The second kappa shape index (κ2) is 7.14. The average Bonchev–Trinajstić information content (AvgIpc) is 3.12. The van der Waals surface area contributed by atoms with Gasteiger partial charge in [-0.05, 0) is 44.0 Å². The summed E-state index contributed by atoms with van der Waals surface area (Å²) in [7, 11) is 1.65. The number of rotatable bonds is 3. The molecule has 1 aromatic carbocycles. The van der Waals surface area contributed by atoms with E-state index in [1.54, 1.807) is 27.1 Å². The molecule has 7 heteroatoms. The quantitative estimate of drug-likeness (QED) is 0.759. The molecule has 1 saturated heterocycles. The number of likely N-dealkylation sites (tertiary alicyclic amines) is 1. The molecule has 1 amide bonds. The number of piperidine rings is 1. The number of amides is 1. The van der Waals surface area contributed by atoms with Gasteiger partial charge in [-0.3, -0.25) is 9.59 Å². The van der Waals surface area contributed by atoms with Crippen molar-refractivity contribution in [3.8, 4) is 0 Å². The van der Waals surface area contributed by atoms with Crippen molar-refractivity contribution < 1.29 is 4.79 Å². The van der Waals surface area contributed by atoms with Crippen LogP contribution in [-0.2, 0) is 11.8 Å². The summed E-state index contributed by atoms with van der Waals surface area (Å²) in [5.74, 6) is 0.159. The number of hydrogen-bond donors (Lipinski definition) is 1. The molecule has 1 fully saturated rings. The SMILES string of the molecule is CC(=O)N1CCC(n2ccc3cc(Nc4cnn(C)c(=O)c4C)ccc32)CC1. The molecule has 3 aromatic rings. The lowest BCUT2D eigenvalue weighted by Crippen LogP contribution is -2.37. The van der Waals surface area contributed by atoms with E-state index in [1.807, 2.05) is 11.0 Å². The fourth-order valence-corrected chi connectivity index (χ4v) is 3.95. The van der Waals surface area contributed by atoms with E-state index in [9.17, 15) is 9.59 Å². The molecule has 0 aliphatic carbocycles. The van der Waals surface area contributed by atoms with Gasteiger partial charge in [0.25, 0.3) is 5.56 Å². The van der Waals surface area contributed by atoms with Gasteiger partial charge in [-0.15, -0.1) is 0 Å². The molecule has 0 unspecified atom stereocenters. The number of aromatic nitrogens is 3. The minimum atomic E-state index is -0.103. The van der Waals surface area contributed by atoms with Crippen molar-refractivity contribution in [1.82, 2.24) is 19.2 Å². The molecule has 1 aliphatic rings. The third-order valence-electron chi connectivity index (χ3n) is 5.68. The number of aryl methyl sites for hydroxylation is 1. The first-order valence-electron chi connectivity index (χ1n) is 9.60. The van der Waals surface area contributed by atoms with Crippen LogP contribution >= 0.6 is 0 Å². The highest BCUT2D eigenvalue weighted by atomic mass is 16.2. The van der Waals surface area contributed by atoms with Crippen molar-refractivity contribution >= 4 is 28.2 Å². The number of fused-ring (bicyclic) bond motifs is 1. The molecule has 28 heavy (non-hydrogen) atoms. The molecule has 0 spiro atoms. The summed E-state index contributed by atoms with van der Waals surface area (Å²) in [5, 5.41) is 8.55. The molecule has 0 radical (unpaired) electrons. The lowest BCUT2D eigenvalue weighted by molar-refractivity contribution is -0.130. The number of carbonyl (C=O) groups is 1. The molecule has 146 valence electrons.